The molecule has 2 N–H and O–H groups in total. The minimum atomic E-state index is 0. The van der Waals surface area contributed by atoms with Gasteiger partial charge in [0, 0.05) is 24.0 Å². The van der Waals surface area contributed by atoms with E-state index in [0.717, 1.165) is 33.6 Å². The summed E-state index contributed by atoms with van der Waals surface area (Å²) >= 11 is 6.07. The van der Waals surface area contributed by atoms with E-state index in [1.807, 2.05) is 42.6 Å². The number of guanidine groups is 1. The van der Waals surface area contributed by atoms with Gasteiger partial charge < -0.3 is 15.0 Å². The van der Waals surface area contributed by atoms with Gasteiger partial charge in [-0.2, -0.15) is 0 Å². The second-order valence-electron chi connectivity index (χ2n) is 5.97. The SMILES string of the molecule is CN=C(NCc1cn2c(C)cccc2n1)NC(C)c1cccc(Cl)c1.I. The Morgan fingerprint density at radius 3 is 2.73 bits per heavy atom. The van der Waals surface area contributed by atoms with Gasteiger partial charge in [-0.3, -0.25) is 4.99 Å². The molecule has 0 aliphatic carbocycles. The highest BCUT2D eigenvalue weighted by Crippen LogP contribution is 2.17. The third-order valence-electron chi connectivity index (χ3n) is 4.11. The van der Waals surface area contributed by atoms with Crippen molar-refractivity contribution in [3.8, 4) is 0 Å². The van der Waals surface area contributed by atoms with Crippen LogP contribution < -0.4 is 10.6 Å². The normalized spacial score (nSPS) is 12.5. The number of benzene rings is 1. The molecule has 0 fully saturated rings. The molecule has 0 aliphatic heterocycles. The number of fused-ring (bicyclic) bond motifs is 1. The standard InChI is InChI=1S/C19H22ClN5.HI/c1-13-6-4-9-18-24-17(12-25(13)18)11-22-19(21-3)23-14(2)15-7-5-8-16(20)10-15;/h4-10,12,14H,11H2,1-3H3,(H2,21,22,23);1H. The number of hydrogen-bond acceptors (Lipinski definition) is 2. The largest absolute Gasteiger partial charge is 0.351 e. The maximum atomic E-state index is 6.07. The Bertz CT molecular complexity index is 906. The Morgan fingerprint density at radius 2 is 2.04 bits per heavy atom. The van der Waals surface area contributed by atoms with Crippen LogP contribution in [0, 0.1) is 6.92 Å². The molecule has 0 amide bonds. The van der Waals surface area contributed by atoms with E-state index < -0.39 is 0 Å². The monoisotopic (exact) mass is 483 g/mol. The summed E-state index contributed by atoms with van der Waals surface area (Å²) in [6.07, 6.45) is 2.05. The average Bonchev–Trinajstić information content (AvgIpc) is 3.03. The fourth-order valence-electron chi connectivity index (χ4n) is 2.72. The molecule has 26 heavy (non-hydrogen) atoms. The van der Waals surface area contributed by atoms with E-state index in [-0.39, 0.29) is 30.0 Å². The van der Waals surface area contributed by atoms with Crippen molar-refractivity contribution in [3.63, 3.8) is 0 Å². The zero-order valence-corrected chi connectivity index (χ0v) is 18.1. The predicted octanol–water partition coefficient (Wildman–Crippen LogP) is 4.34. The fraction of sp³-hybridized carbons (Fsp3) is 0.263. The first-order chi connectivity index (χ1) is 12.1. The minimum Gasteiger partial charge on any atom is -0.351 e. The highest BCUT2D eigenvalue weighted by molar-refractivity contribution is 14.0. The number of aliphatic imine (C=N–C) groups is 1. The van der Waals surface area contributed by atoms with Crippen LogP contribution in [-0.2, 0) is 6.54 Å². The van der Waals surface area contributed by atoms with Crippen molar-refractivity contribution in [1.29, 1.82) is 0 Å². The van der Waals surface area contributed by atoms with Gasteiger partial charge in [-0.15, -0.1) is 24.0 Å². The molecule has 5 nitrogen and oxygen atoms in total. The van der Waals surface area contributed by atoms with Gasteiger partial charge >= 0.3 is 0 Å². The molecule has 1 aromatic carbocycles. The second kappa shape index (κ2) is 9.23. The van der Waals surface area contributed by atoms with Crippen LogP contribution in [0.25, 0.3) is 5.65 Å². The first-order valence-corrected chi connectivity index (χ1v) is 8.61. The van der Waals surface area contributed by atoms with Crippen molar-refractivity contribution >= 4 is 47.2 Å². The molecule has 7 heteroatoms. The van der Waals surface area contributed by atoms with Crippen molar-refractivity contribution in [2.24, 2.45) is 4.99 Å². The van der Waals surface area contributed by atoms with Gasteiger partial charge in [0.2, 0.25) is 0 Å². The van der Waals surface area contributed by atoms with Gasteiger partial charge in [-0.1, -0.05) is 29.8 Å². The molecule has 2 aromatic heterocycles. The van der Waals surface area contributed by atoms with E-state index in [9.17, 15) is 0 Å². The Morgan fingerprint density at radius 1 is 1.27 bits per heavy atom. The van der Waals surface area contributed by atoms with Gasteiger partial charge in [-0.05, 0) is 43.7 Å². The molecule has 3 rings (SSSR count). The van der Waals surface area contributed by atoms with Crippen LogP contribution in [0.15, 0.2) is 53.7 Å². The van der Waals surface area contributed by atoms with Crippen LogP contribution >= 0.6 is 35.6 Å². The lowest BCUT2D eigenvalue weighted by molar-refractivity contribution is 0.683. The average molecular weight is 484 g/mol. The molecular formula is C19H23ClIN5. The molecule has 0 bridgehead atoms. The molecular weight excluding hydrogens is 461 g/mol. The van der Waals surface area contributed by atoms with Crippen LogP contribution in [0.1, 0.15) is 29.9 Å². The number of nitrogens with one attached hydrogen (secondary N) is 2. The van der Waals surface area contributed by atoms with Crippen molar-refractivity contribution in [2.75, 3.05) is 7.05 Å². The Labute approximate surface area is 175 Å². The third kappa shape index (κ3) is 4.88. The van der Waals surface area contributed by atoms with Gasteiger partial charge in [0.25, 0.3) is 0 Å². The number of aromatic nitrogens is 2. The summed E-state index contributed by atoms with van der Waals surface area (Å²) in [5.74, 6) is 0.723. The van der Waals surface area contributed by atoms with E-state index in [2.05, 4.69) is 44.9 Å². The van der Waals surface area contributed by atoms with Crippen molar-refractivity contribution < 1.29 is 0 Å². The first-order valence-electron chi connectivity index (χ1n) is 8.23. The molecule has 1 unspecified atom stereocenters. The highest BCUT2D eigenvalue weighted by atomic mass is 127. The minimum absolute atomic E-state index is 0. The topological polar surface area (TPSA) is 53.7 Å². The summed E-state index contributed by atoms with van der Waals surface area (Å²) in [6, 6.07) is 14.0. The lowest BCUT2D eigenvalue weighted by Crippen LogP contribution is -2.38. The summed E-state index contributed by atoms with van der Waals surface area (Å²) < 4.78 is 2.09. The smallest absolute Gasteiger partial charge is 0.191 e. The first kappa shape index (κ1) is 20.5. The van der Waals surface area contributed by atoms with E-state index in [1.165, 1.54) is 0 Å². The Hall–Kier alpha value is -1.80. The predicted molar refractivity (Wildman–Crippen MR) is 119 cm³/mol. The summed E-state index contributed by atoms with van der Waals surface area (Å²) in [7, 11) is 1.76. The number of aryl methyl sites for hydroxylation is 1. The van der Waals surface area contributed by atoms with E-state index in [0.29, 0.717) is 6.54 Å². The Balaban J connectivity index is 0.00000243. The highest BCUT2D eigenvalue weighted by Gasteiger charge is 2.09. The Kier molecular flexibility index (Phi) is 7.28. The number of hydrogen-bond donors (Lipinski definition) is 2. The zero-order chi connectivity index (χ0) is 17.8. The van der Waals surface area contributed by atoms with E-state index >= 15 is 0 Å². The summed E-state index contributed by atoms with van der Waals surface area (Å²) in [5, 5.41) is 7.41. The molecule has 0 aliphatic rings. The van der Waals surface area contributed by atoms with Gasteiger partial charge in [0.1, 0.15) is 5.65 Å². The maximum absolute atomic E-state index is 6.07. The van der Waals surface area contributed by atoms with Crippen LogP contribution in [0.3, 0.4) is 0 Å². The summed E-state index contributed by atoms with van der Waals surface area (Å²) in [6.45, 7) is 4.74. The number of imidazole rings is 1. The van der Waals surface area contributed by atoms with Crippen molar-refractivity contribution in [1.82, 2.24) is 20.0 Å². The van der Waals surface area contributed by atoms with E-state index in [4.69, 9.17) is 11.6 Å². The molecule has 0 saturated heterocycles. The second-order valence-corrected chi connectivity index (χ2v) is 6.41. The van der Waals surface area contributed by atoms with Gasteiger partial charge in [0.15, 0.2) is 5.96 Å². The van der Waals surface area contributed by atoms with Gasteiger partial charge in [0.05, 0.1) is 18.3 Å². The third-order valence-corrected chi connectivity index (χ3v) is 4.34. The fourth-order valence-corrected chi connectivity index (χ4v) is 2.92. The van der Waals surface area contributed by atoms with Crippen molar-refractivity contribution in [3.05, 3.63) is 70.6 Å². The lowest BCUT2D eigenvalue weighted by Gasteiger charge is -2.18. The molecule has 0 saturated carbocycles. The van der Waals surface area contributed by atoms with Crippen LogP contribution in [0.4, 0.5) is 0 Å². The molecule has 0 radical (unpaired) electrons. The van der Waals surface area contributed by atoms with Crippen LogP contribution in [0.5, 0.6) is 0 Å². The number of rotatable bonds is 4. The van der Waals surface area contributed by atoms with Crippen molar-refractivity contribution in [2.45, 2.75) is 26.4 Å². The molecule has 0 spiro atoms. The lowest BCUT2D eigenvalue weighted by atomic mass is 10.1. The molecule has 3 aromatic rings. The van der Waals surface area contributed by atoms with Crippen LogP contribution in [-0.4, -0.2) is 22.4 Å². The van der Waals surface area contributed by atoms with E-state index in [1.54, 1.807) is 7.05 Å². The number of halogens is 2. The molecule has 2 heterocycles. The number of nitrogens with zero attached hydrogens (tertiary/aromatic N) is 3. The van der Waals surface area contributed by atoms with Crippen LogP contribution in [0.2, 0.25) is 5.02 Å². The number of pyridine rings is 1. The molecule has 138 valence electrons. The zero-order valence-electron chi connectivity index (χ0n) is 15.0. The summed E-state index contributed by atoms with van der Waals surface area (Å²) in [4.78, 5) is 8.92. The quantitative estimate of drug-likeness (QED) is 0.330. The summed E-state index contributed by atoms with van der Waals surface area (Å²) in [5.41, 5.74) is 4.19. The van der Waals surface area contributed by atoms with Gasteiger partial charge in [-0.25, -0.2) is 4.98 Å². The maximum Gasteiger partial charge on any atom is 0.191 e. The molecule has 1 atom stereocenters.